The second-order valence-electron chi connectivity index (χ2n) is 6.13. The summed E-state index contributed by atoms with van der Waals surface area (Å²) in [6, 6.07) is 16.9. The molecule has 6 nitrogen and oxygen atoms in total. The molecule has 7 heteroatoms. The van der Waals surface area contributed by atoms with Crippen molar-refractivity contribution in [2.75, 3.05) is 5.32 Å². The summed E-state index contributed by atoms with van der Waals surface area (Å²) >= 11 is 3.38. The van der Waals surface area contributed by atoms with Crippen molar-refractivity contribution >= 4 is 45.3 Å². The number of hydrogen-bond acceptors (Lipinski definition) is 4. The molecular weight excluding hydrogens is 436 g/mol. The maximum Gasteiger partial charge on any atom is 0.291 e. The number of carbonyl (C=O) groups excluding carboxylic acids is 3. The van der Waals surface area contributed by atoms with Gasteiger partial charge in [0.15, 0.2) is 11.5 Å². The van der Waals surface area contributed by atoms with E-state index in [1.807, 2.05) is 18.2 Å². The number of hydrogen-bond donors (Lipinski definition) is 2. The molecule has 3 aromatic rings. The lowest BCUT2D eigenvalue weighted by Crippen LogP contribution is -2.30. The fourth-order valence-corrected chi connectivity index (χ4v) is 2.92. The molecule has 3 rings (SSSR count). The standard InChI is InChI=1S/C22H17BrN2O4/c1-14(26)16-7-9-18(10-8-16)24-21(27)19(13-15-4-2-5-17(23)12-15)25-22(28)20-6-3-11-29-20/h2-13H,1H3,(H,24,27)(H,25,28). The Bertz CT molecular complexity index is 1070. The molecule has 0 saturated carbocycles. The summed E-state index contributed by atoms with van der Waals surface area (Å²) in [4.78, 5) is 36.6. The fourth-order valence-electron chi connectivity index (χ4n) is 2.50. The zero-order chi connectivity index (χ0) is 20.8. The minimum absolute atomic E-state index is 0.0418. The van der Waals surface area contributed by atoms with Gasteiger partial charge in [0.1, 0.15) is 5.70 Å². The molecule has 1 heterocycles. The summed E-state index contributed by atoms with van der Waals surface area (Å²) in [6.45, 7) is 1.47. The summed E-state index contributed by atoms with van der Waals surface area (Å²) in [7, 11) is 0. The third-order valence-corrected chi connectivity index (χ3v) is 4.44. The largest absolute Gasteiger partial charge is 0.459 e. The van der Waals surface area contributed by atoms with Gasteiger partial charge in [0.2, 0.25) is 0 Å². The van der Waals surface area contributed by atoms with Crippen LogP contribution in [0.25, 0.3) is 6.08 Å². The first-order valence-corrected chi connectivity index (χ1v) is 9.46. The summed E-state index contributed by atoms with van der Waals surface area (Å²) in [5.74, 6) is -1.04. The maximum absolute atomic E-state index is 12.8. The molecule has 0 bridgehead atoms. The topological polar surface area (TPSA) is 88.4 Å². The number of Topliss-reactive ketones (excluding diaryl/α,β-unsaturated/α-hetero) is 1. The minimum Gasteiger partial charge on any atom is -0.459 e. The van der Waals surface area contributed by atoms with Crippen LogP contribution in [0.2, 0.25) is 0 Å². The summed E-state index contributed by atoms with van der Waals surface area (Å²) in [5, 5.41) is 5.30. The second kappa shape index (κ2) is 9.16. The van der Waals surface area contributed by atoms with E-state index in [-0.39, 0.29) is 17.2 Å². The van der Waals surface area contributed by atoms with Gasteiger partial charge in [-0.15, -0.1) is 0 Å². The summed E-state index contributed by atoms with van der Waals surface area (Å²) in [5.41, 5.74) is 1.79. The second-order valence-corrected chi connectivity index (χ2v) is 7.05. The Morgan fingerprint density at radius 1 is 1.00 bits per heavy atom. The highest BCUT2D eigenvalue weighted by Gasteiger charge is 2.17. The van der Waals surface area contributed by atoms with Gasteiger partial charge >= 0.3 is 0 Å². The highest BCUT2D eigenvalue weighted by Crippen LogP contribution is 2.16. The van der Waals surface area contributed by atoms with Crippen molar-refractivity contribution in [3.63, 3.8) is 0 Å². The molecule has 0 spiro atoms. The van der Waals surface area contributed by atoms with Crippen LogP contribution in [-0.4, -0.2) is 17.6 Å². The first kappa shape index (κ1) is 20.3. The number of nitrogens with one attached hydrogen (secondary N) is 2. The molecule has 146 valence electrons. The third kappa shape index (κ3) is 5.52. The Hall–Kier alpha value is -3.45. The number of benzene rings is 2. The Balaban J connectivity index is 1.85. The predicted octanol–water partition coefficient (Wildman–Crippen LogP) is 4.65. The SMILES string of the molecule is CC(=O)c1ccc(NC(=O)C(=Cc2cccc(Br)c2)NC(=O)c2ccco2)cc1. The highest BCUT2D eigenvalue weighted by molar-refractivity contribution is 9.10. The molecular formula is C22H17BrN2O4. The number of rotatable bonds is 6. The van der Waals surface area contributed by atoms with Crippen molar-refractivity contribution in [3.05, 3.63) is 94.0 Å². The Morgan fingerprint density at radius 2 is 1.76 bits per heavy atom. The lowest BCUT2D eigenvalue weighted by molar-refractivity contribution is -0.113. The highest BCUT2D eigenvalue weighted by atomic mass is 79.9. The number of halogens is 1. The van der Waals surface area contributed by atoms with Crippen LogP contribution in [0.4, 0.5) is 5.69 Å². The smallest absolute Gasteiger partial charge is 0.291 e. The van der Waals surface area contributed by atoms with Gasteiger partial charge in [0.25, 0.3) is 11.8 Å². The van der Waals surface area contributed by atoms with E-state index >= 15 is 0 Å². The van der Waals surface area contributed by atoms with E-state index in [0.717, 1.165) is 10.0 Å². The quantitative estimate of drug-likeness (QED) is 0.420. The number of anilines is 1. The number of furan rings is 1. The Kier molecular flexibility index (Phi) is 6.41. The Morgan fingerprint density at radius 3 is 2.38 bits per heavy atom. The molecule has 2 aromatic carbocycles. The van der Waals surface area contributed by atoms with Crippen LogP contribution in [0.3, 0.4) is 0 Å². The normalized spacial score (nSPS) is 11.0. The average molecular weight is 453 g/mol. The maximum atomic E-state index is 12.8. The van der Waals surface area contributed by atoms with Crippen molar-refractivity contribution in [1.29, 1.82) is 0 Å². The molecule has 0 radical (unpaired) electrons. The molecule has 0 atom stereocenters. The number of amides is 2. The Labute approximate surface area is 175 Å². The molecule has 2 N–H and O–H groups in total. The monoisotopic (exact) mass is 452 g/mol. The first-order valence-electron chi connectivity index (χ1n) is 8.67. The molecule has 0 unspecified atom stereocenters. The molecule has 29 heavy (non-hydrogen) atoms. The minimum atomic E-state index is -0.543. The van der Waals surface area contributed by atoms with Gasteiger partial charge in [0.05, 0.1) is 6.26 Å². The zero-order valence-corrected chi connectivity index (χ0v) is 17.0. The van der Waals surface area contributed by atoms with Crippen LogP contribution < -0.4 is 10.6 Å². The van der Waals surface area contributed by atoms with Gasteiger partial charge in [-0.1, -0.05) is 28.1 Å². The third-order valence-electron chi connectivity index (χ3n) is 3.95. The predicted molar refractivity (Wildman–Crippen MR) is 113 cm³/mol. The van der Waals surface area contributed by atoms with E-state index in [9.17, 15) is 14.4 Å². The molecule has 1 aromatic heterocycles. The summed E-state index contributed by atoms with van der Waals surface area (Å²) < 4.78 is 5.92. The van der Waals surface area contributed by atoms with E-state index in [2.05, 4.69) is 26.6 Å². The molecule has 0 aliphatic heterocycles. The van der Waals surface area contributed by atoms with Crippen LogP contribution in [0.1, 0.15) is 33.4 Å². The van der Waals surface area contributed by atoms with Gasteiger partial charge in [-0.2, -0.15) is 0 Å². The number of ketones is 1. The van der Waals surface area contributed by atoms with Gasteiger partial charge in [0, 0.05) is 15.7 Å². The molecule has 0 saturated heterocycles. The van der Waals surface area contributed by atoms with Crippen LogP contribution >= 0.6 is 15.9 Å². The first-order chi connectivity index (χ1) is 13.9. The molecule has 0 aliphatic rings. The van der Waals surface area contributed by atoms with E-state index in [0.29, 0.717) is 11.3 Å². The molecule has 0 aliphatic carbocycles. The van der Waals surface area contributed by atoms with Crippen LogP contribution in [0.5, 0.6) is 0 Å². The molecule has 2 amide bonds. The van der Waals surface area contributed by atoms with E-state index < -0.39 is 11.8 Å². The average Bonchev–Trinajstić information content (AvgIpc) is 3.23. The van der Waals surface area contributed by atoms with Gasteiger partial charge in [-0.3, -0.25) is 14.4 Å². The van der Waals surface area contributed by atoms with Crippen molar-refractivity contribution < 1.29 is 18.8 Å². The lowest BCUT2D eigenvalue weighted by atomic mass is 10.1. The van der Waals surface area contributed by atoms with E-state index in [1.54, 1.807) is 42.5 Å². The fraction of sp³-hybridized carbons (Fsp3) is 0.0455. The van der Waals surface area contributed by atoms with Crippen molar-refractivity contribution in [2.45, 2.75) is 6.92 Å². The van der Waals surface area contributed by atoms with Crippen molar-refractivity contribution in [1.82, 2.24) is 5.32 Å². The van der Waals surface area contributed by atoms with Gasteiger partial charge < -0.3 is 15.1 Å². The zero-order valence-electron chi connectivity index (χ0n) is 15.4. The van der Waals surface area contributed by atoms with Crippen LogP contribution in [0.15, 0.2) is 81.5 Å². The lowest BCUT2D eigenvalue weighted by Gasteiger charge is -2.11. The van der Waals surface area contributed by atoms with Crippen LogP contribution in [-0.2, 0) is 4.79 Å². The van der Waals surface area contributed by atoms with Crippen molar-refractivity contribution in [2.24, 2.45) is 0 Å². The van der Waals surface area contributed by atoms with E-state index in [4.69, 9.17) is 4.42 Å². The number of carbonyl (C=O) groups is 3. The van der Waals surface area contributed by atoms with Crippen molar-refractivity contribution in [3.8, 4) is 0 Å². The summed E-state index contributed by atoms with van der Waals surface area (Å²) in [6.07, 6.45) is 2.94. The van der Waals surface area contributed by atoms with Crippen LogP contribution in [0, 0.1) is 0 Å². The molecule has 0 fully saturated rings. The van der Waals surface area contributed by atoms with Gasteiger partial charge in [-0.25, -0.2) is 0 Å². The van der Waals surface area contributed by atoms with E-state index in [1.165, 1.54) is 19.3 Å². The van der Waals surface area contributed by atoms with Gasteiger partial charge in [-0.05, 0) is 67.1 Å².